The number of piperidine rings is 1. The molecular formula is C14H22N2S. The zero-order valence-electron chi connectivity index (χ0n) is 10.6. The van der Waals surface area contributed by atoms with Crippen LogP contribution in [0.1, 0.15) is 42.4 Å². The molecule has 3 heteroatoms. The largest absolute Gasteiger partial charge is 0.328 e. The molecule has 17 heavy (non-hydrogen) atoms. The predicted octanol–water partition coefficient (Wildman–Crippen LogP) is 2.76. The first-order valence-electron chi connectivity index (χ1n) is 6.85. The van der Waals surface area contributed by atoms with Crippen molar-refractivity contribution in [1.82, 2.24) is 4.90 Å². The monoisotopic (exact) mass is 250 g/mol. The maximum Gasteiger partial charge on any atom is 0.0333 e. The first-order chi connectivity index (χ1) is 8.26. The highest BCUT2D eigenvalue weighted by molar-refractivity contribution is 7.11. The van der Waals surface area contributed by atoms with Crippen molar-refractivity contribution in [3.63, 3.8) is 0 Å². The standard InChI is InChI=1S/C14H22N2S/c1-2-13-5-6-14(17-13)9-16-11-3-4-12(16)8-10(15)7-11/h5-6,10-12H,2-4,7-9,15H2,1H3. The number of thiophene rings is 1. The van der Waals surface area contributed by atoms with Gasteiger partial charge in [-0.3, -0.25) is 4.90 Å². The summed E-state index contributed by atoms with van der Waals surface area (Å²) in [7, 11) is 0. The maximum atomic E-state index is 6.11. The highest BCUT2D eigenvalue weighted by Crippen LogP contribution is 2.36. The van der Waals surface area contributed by atoms with Gasteiger partial charge in [0.2, 0.25) is 0 Å². The lowest BCUT2D eigenvalue weighted by atomic mass is 9.98. The molecule has 0 spiro atoms. The summed E-state index contributed by atoms with van der Waals surface area (Å²) in [5.41, 5.74) is 6.11. The van der Waals surface area contributed by atoms with Gasteiger partial charge in [-0.25, -0.2) is 0 Å². The molecule has 2 nitrogen and oxygen atoms in total. The van der Waals surface area contributed by atoms with E-state index in [1.165, 1.54) is 41.9 Å². The Balaban J connectivity index is 1.69. The lowest BCUT2D eigenvalue weighted by molar-refractivity contribution is 0.121. The first kappa shape index (κ1) is 11.7. The van der Waals surface area contributed by atoms with E-state index in [0.29, 0.717) is 6.04 Å². The summed E-state index contributed by atoms with van der Waals surface area (Å²) in [4.78, 5) is 5.77. The van der Waals surface area contributed by atoms with Gasteiger partial charge in [-0.2, -0.15) is 0 Å². The fourth-order valence-electron chi connectivity index (χ4n) is 3.45. The topological polar surface area (TPSA) is 29.3 Å². The van der Waals surface area contributed by atoms with Crippen molar-refractivity contribution in [3.05, 3.63) is 21.9 Å². The van der Waals surface area contributed by atoms with Crippen LogP contribution in [0.3, 0.4) is 0 Å². The van der Waals surface area contributed by atoms with Gasteiger partial charge in [-0.1, -0.05) is 6.92 Å². The summed E-state index contributed by atoms with van der Waals surface area (Å²) in [5.74, 6) is 0. The van der Waals surface area contributed by atoms with Crippen LogP contribution in [0.25, 0.3) is 0 Å². The second kappa shape index (κ2) is 4.71. The van der Waals surface area contributed by atoms with E-state index < -0.39 is 0 Å². The van der Waals surface area contributed by atoms with E-state index in [1.54, 1.807) is 0 Å². The number of hydrogen-bond donors (Lipinski definition) is 1. The van der Waals surface area contributed by atoms with Crippen molar-refractivity contribution in [3.8, 4) is 0 Å². The Kier molecular flexibility index (Phi) is 3.24. The van der Waals surface area contributed by atoms with Crippen LogP contribution in [-0.4, -0.2) is 23.0 Å². The van der Waals surface area contributed by atoms with Crippen molar-refractivity contribution in [2.45, 2.75) is 63.7 Å². The highest BCUT2D eigenvalue weighted by atomic mass is 32.1. The second-order valence-electron chi connectivity index (χ2n) is 5.51. The Labute approximate surface area is 108 Å². The van der Waals surface area contributed by atoms with Gasteiger partial charge >= 0.3 is 0 Å². The van der Waals surface area contributed by atoms with E-state index in [2.05, 4.69) is 24.0 Å². The molecule has 1 aromatic rings. The van der Waals surface area contributed by atoms with Crippen molar-refractivity contribution in [1.29, 1.82) is 0 Å². The number of rotatable bonds is 3. The van der Waals surface area contributed by atoms with Crippen molar-refractivity contribution >= 4 is 11.3 Å². The molecule has 2 atom stereocenters. The summed E-state index contributed by atoms with van der Waals surface area (Å²) in [6.07, 6.45) is 6.32. The Hall–Kier alpha value is -0.380. The average molecular weight is 250 g/mol. The van der Waals surface area contributed by atoms with Crippen LogP contribution in [0.4, 0.5) is 0 Å². The molecule has 94 valence electrons. The zero-order chi connectivity index (χ0) is 11.8. The minimum absolute atomic E-state index is 0.457. The molecule has 2 saturated heterocycles. The highest BCUT2D eigenvalue weighted by Gasteiger charge is 2.39. The normalized spacial score (nSPS) is 33.2. The van der Waals surface area contributed by atoms with Gasteiger partial charge in [0.25, 0.3) is 0 Å². The van der Waals surface area contributed by atoms with E-state index >= 15 is 0 Å². The molecule has 2 bridgehead atoms. The third-order valence-electron chi connectivity index (χ3n) is 4.32. The van der Waals surface area contributed by atoms with Gasteiger partial charge in [0.05, 0.1) is 0 Å². The molecule has 0 aliphatic carbocycles. The van der Waals surface area contributed by atoms with Gasteiger partial charge in [0.15, 0.2) is 0 Å². The van der Waals surface area contributed by atoms with Crippen LogP contribution in [0.15, 0.2) is 12.1 Å². The third kappa shape index (κ3) is 2.28. The molecule has 2 unspecified atom stereocenters. The van der Waals surface area contributed by atoms with Gasteiger partial charge < -0.3 is 5.73 Å². The minimum Gasteiger partial charge on any atom is -0.328 e. The Morgan fingerprint density at radius 3 is 2.47 bits per heavy atom. The number of nitrogens with two attached hydrogens (primary N) is 1. The maximum absolute atomic E-state index is 6.11. The molecule has 2 fully saturated rings. The fraction of sp³-hybridized carbons (Fsp3) is 0.714. The van der Waals surface area contributed by atoms with Crippen LogP contribution in [0, 0.1) is 0 Å². The van der Waals surface area contributed by atoms with E-state index in [0.717, 1.165) is 18.6 Å². The number of hydrogen-bond acceptors (Lipinski definition) is 3. The Morgan fingerprint density at radius 2 is 1.88 bits per heavy atom. The molecule has 0 saturated carbocycles. The van der Waals surface area contributed by atoms with Gasteiger partial charge in [-0.15, -0.1) is 11.3 Å². The lowest BCUT2D eigenvalue weighted by Gasteiger charge is -2.37. The number of aryl methyl sites for hydroxylation is 1. The number of fused-ring (bicyclic) bond motifs is 2. The van der Waals surface area contributed by atoms with E-state index in [-0.39, 0.29) is 0 Å². The van der Waals surface area contributed by atoms with Crippen LogP contribution in [0.2, 0.25) is 0 Å². The molecule has 0 aromatic carbocycles. The summed E-state index contributed by atoms with van der Waals surface area (Å²) in [6.45, 7) is 3.39. The van der Waals surface area contributed by atoms with Crippen molar-refractivity contribution in [2.75, 3.05) is 0 Å². The Morgan fingerprint density at radius 1 is 1.24 bits per heavy atom. The smallest absolute Gasteiger partial charge is 0.0333 e. The molecule has 1 aromatic heterocycles. The van der Waals surface area contributed by atoms with E-state index in [4.69, 9.17) is 5.73 Å². The number of nitrogens with zero attached hydrogens (tertiary/aromatic N) is 1. The molecule has 3 heterocycles. The molecule has 2 N–H and O–H groups in total. The quantitative estimate of drug-likeness (QED) is 0.894. The molecule has 2 aliphatic rings. The Bertz CT molecular complexity index is 373. The zero-order valence-corrected chi connectivity index (χ0v) is 11.4. The van der Waals surface area contributed by atoms with E-state index in [9.17, 15) is 0 Å². The summed E-state index contributed by atoms with van der Waals surface area (Å²) in [5, 5.41) is 0. The van der Waals surface area contributed by atoms with Crippen LogP contribution < -0.4 is 5.73 Å². The van der Waals surface area contributed by atoms with Gasteiger partial charge in [-0.05, 0) is 44.2 Å². The molecule has 0 radical (unpaired) electrons. The van der Waals surface area contributed by atoms with Crippen LogP contribution >= 0.6 is 11.3 Å². The predicted molar refractivity (Wildman–Crippen MR) is 73.3 cm³/mol. The summed E-state index contributed by atoms with van der Waals surface area (Å²) < 4.78 is 0. The summed E-state index contributed by atoms with van der Waals surface area (Å²) >= 11 is 1.99. The summed E-state index contributed by atoms with van der Waals surface area (Å²) in [6, 6.07) is 6.58. The van der Waals surface area contributed by atoms with Crippen molar-refractivity contribution in [2.24, 2.45) is 5.73 Å². The minimum atomic E-state index is 0.457. The lowest BCUT2D eigenvalue weighted by Crippen LogP contribution is -2.46. The second-order valence-corrected chi connectivity index (χ2v) is 6.76. The SMILES string of the molecule is CCc1ccc(CN2C3CCC2CC(N)C3)s1. The molecule has 0 amide bonds. The first-order valence-corrected chi connectivity index (χ1v) is 7.67. The van der Waals surface area contributed by atoms with Crippen molar-refractivity contribution < 1.29 is 0 Å². The molecule has 2 aliphatic heterocycles. The van der Waals surface area contributed by atoms with E-state index in [1.807, 2.05) is 11.3 Å². The van der Waals surface area contributed by atoms with Crippen LogP contribution in [0.5, 0.6) is 0 Å². The third-order valence-corrected chi connectivity index (χ3v) is 5.54. The molecular weight excluding hydrogens is 228 g/mol. The molecule has 3 rings (SSSR count). The average Bonchev–Trinajstić information content (AvgIpc) is 2.85. The van der Waals surface area contributed by atoms with Gasteiger partial charge in [0, 0.05) is 34.4 Å². The van der Waals surface area contributed by atoms with Crippen LogP contribution in [-0.2, 0) is 13.0 Å². The van der Waals surface area contributed by atoms with Gasteiger partial charge in [0.1, 0.15) is 0 Å². The fourth-order valence-corrected chi connectivity index (χ4v) is 4.42.